The van der Waals surface area contributed by atoms with Gasteiger partial charge in [0.1, 0.15) is 5.82 Å². The molecule has 3 rings (SSSR count). The van der Waals surface area contributed by atoms with Gasteiger partial charge in [0.2, 0.25) is 5.95 Å². The van der Waals surface area contributed by atoms with Gasteiger partial charge in [-0.1, -0.05) is 13.8 Å². The maximum Gasteiger partial charge on any atom is 0.225 e. The van der Waals surface area contributed by atoms with Crippen molar-refractivity contribution in [1.82, 2.24) is 15.0 Å². The van der Waals surface area contributed by atoms with Crippen LogP contribution in [-0.4, -0.2) is 32.7 Å². The molecule has 2 aromatic heterocycles. The van der Waals surface area contributed by atoms with Crippen molar-refractivity contribution >= 4 is 17.5 Å². The van der Waals surface area contributed by atoms with Crippen molar-refractivity contribution in [1.29, 1.82) is 0 Å². The minimum atomic E-state index is -0.952. The van der Waals surface area contributed by atoms with Gasteiger partial charge in [0.25, 0.3) is 0 Å². The molecule has 0 amide bonds. The summed E-state index contributed by atoms with van der Waals surface area (Å²) < 4.78 is 26.7. The van der Waals surface area contributed by atoms with Gasteiger partial charge < -0.3 is 15.7 Å². The van der Waals surface area contributed by atoms with Gasteiger partial charge in [-0.05, 0) is 30.2 Å². The second-order valence-electron chi connectivity index (χ2n) is 6.63. The molecule has 3 aromatic rings. The highest BCUT2D eigenvalue weighted by Crippen LogP contribution is 2.24. The number of halogens is 2. The van der Waals surface area contributed by atoms with E-state index >= 15 is 0 Å². The van der Waals surface area contributed by atoms with Crippen molar-refractivity contribution in [2.24, 2.45) is 5.92 Å². The van der Waals surface area contributed by atoms with E-state index in [4.69, 9.17) is 0 Å². The number of benzene rings is 1. The number of nitrogens with zero attached hydrogens (tertiary/aromatic N) is 3. The molecule has 1 aromatic carbocycles. The van der Waals surface area contributed by atoms with Gasteiger partial charge in [-0.25, -0.2) is 13.8 Å². The Kier molecular flexibility index (Phi) is 6.10. The number of rotatable bonds is 7. The third-order valence-corrected chi connectivity index (χ3v) is 4.21. The molecule has 0 aliphatic rings. The molecular weight excluding hydrogens is 364 g/mol. The molecule has 0 aliphatic heterocycles. The first-order valence-electron chi connectivity index (χ1n) is 8.85. The van der Waals surface area contributed by atoms with Gasteiger partial charge >= 0.3 is 0 Å². The van der Waals surface area contributed by atoms with E-state index in [-0.39, 0.29) is 18.6 Å². The van der Waals surface area contributed by atoms with Crippen molar-refractivity contribution in [2.45, 2.75) is 19.9 Å². The average molecular weight is 385 g/mol. The van der Waals surface area contributed by atoms with Crippen LogP contribution in [0.1, 0.15) is 13.8 Å². The maximum atomic E-state index is 13.5. The van der Waals surface area contributed by atoms with Crippen LogP contribution in [0, 0.1) is 17.6 Å². The molecule has 1 atom stereocenters. The van der Waals surface area contributed by atoms with E-state index in [1.54, 1.807) is 30.6 Å². The van der Waals surface area contributed by atoms with E-state index < -0.39 is 11.6 Å². The predicted molar refractivity (Wildman–Crippen MR) is 104 cm³/mol. The number of nitrogens with one attached hydrogen (secondary N) is 2. The summed E-state index contributed by atoms with van der Waals surface area (Å²) in [5.41, 5.74) is 1.79. The molecular formula is C20H21F2N5O. The molecule has 0 saturated heterocycles. The Morgan fingerprint density at radius 1 is 1.00 bits per heavy atom. The average Bonchev–Trinajstić information content (AvgIpc) is 2.69. The quantitative estimate of drug-likeness (QED) is 0.570. The summed E-state index contributed by atoms with van der Waals surface area (Å²) in [5, 5.41) is 15.7. The minimum absolute atomic E-state index is 0.0769. The third kappa shape index (κ3) is 4.77. The Bertz CT molecular complexity index is 937. The number of pyridine rings is 1. The summed E-state index contributed by atoms with van der Waals surface area (Å²) in [6.07, 6.45) is 3.30. The van der Waals surface area contributed by atoms with E-state index in [1.165, 1.54) is 6.07 Å². The molecule has 0 bridgehead atoms. The minimum Gasteiger partial charge on any atom is -0.394 e. The molecule has 0 unspecified atom stereocenters. The van der Waals surface area contributed by atoms with Crippen molar-refractivity contribution in [3.8, 4) is 11.3 Å². The first-order chi connectivity index (χ1) is 13.5. The fraction of sp³-hybridized carbons (Fsp3) is 0.250. The van der Waals surface area contributed by atoms with Gasteiger partial charge in [-0.15, -0.1) is 0 Å². The first-order valence-corrected chi connectivity index (χ1v) is 8.85. The Morgan fingerprint density at radius 3 is 2.39 bits per heavy atom. The number of aliphatic hydroxyl groups excluding tert-OH is 1. The zero-order valence-corrected chi connectivity index (χ0v) is 15.5. The van der Waals surface area contributed by atoms with Gasteiger partial charge in [-0.2, -0.15) is 4.98 Å². The van der Waals surface area contributed by atoms with Gasteiger partial charge in [-0.3, -0.25) is 4.98 Å². The summed E-state index contributed by atoms with van der Waals surface area (Å²) in [6.45, 7) is 3.87. The fourth-order valence-corrected chi connectivity index (χ4v) is 2.56. The lowest BCUT2D eigenvalue weighted by Gasteiger charge is -2.20. The standard InChI is InChI=1S/C20H21F2N5O/c1-12(2)18(11-28)26-20-25-17(13-5-7-23-8-6-13)10-19(27-20)24-14-3-4-15(21)16(22)9-14/h3-10,12,18,28H,11H2,1-2H3,(H2,24,25,26,27)/t18-/m1/s1. The van der Waals surface area contributed by atoms with E-state index in [0.717, 1.165) is 17.7 Å². The molecule has 0 saturated carbocycles. The zero-order chi connectivity index (χ0) is 20.1. The van der Waals surface area contributed by atoms with Crippen molar-refractivity contribution in [3.05, 3.63) is 60.4 Å². The predicted octanol–water partition coefficient (Wildman–Crippen LogP) is 3.99. The highest BCUT2D eigenvalue weighted by molar-refractivity contribution is 5.67. The van der Waals surface area contributed by atoms with Crippen molar-refractivity contribution < 1.29 is 13.9 Å². The summed E-state index contributed by atoms with van der Waals surface area (Å²) >= 11 is 0. The summed E-state index contributed by atoms with van der Waals surface area (Å²) in [5.74, 6) is -1.01. The summed E-state index contributed by atoms with van der Waals surface area (Å²) in [6, 6.07) is 8.60. The number of aliphatic hydroxyl groups is 1. The zero-order valence-electron chi connectivity index (χ0n) is 15.5. The Hall–Kier alpha value is -3.13. The van der Waals surface area contributed by atoms with Gasteiger partial charge in [0, 0.05) is 35.8 Å². The number of anilines is 3. The van der Waals surface area contributed by atoms with Crippen LogP contribution in [0.4, 0.5) is 26.2 Å². The van der Waals surface area contributed by atoms with Crippen LogP contribution in [0.15, 0.2) is 48.8 Å². The smallest absolute Gasteiger partial charge is 0.225 e. The monoisotopic (exact) mass is 385 g/mol. The molecule has 2 heterocycles. The van der Waals surface area contributed by atoms with Gasteiger partial charge in [0.15, 0.2) is 11.6 Å². The first kappa shape index (κ1) is 19.6. The SMILES string of the molecule is CC(C)[C@@H](CO)Nc1nc(Nc2ccc(F)c(F)c2)cc(-c2ccncc2)n1. The number of hydrogen-bond donors (Lipinski definition) is 3. The van der Waals surface area contributed by atoms with E-state index in [9.17, 15) is 13.9 Å². The van der Waals surface area contributed by atoms with Crippen LogP contribution >= 0.6 is 0 Å². The lowest BCUT2D eigenvalue weighted by atomic mass is 10.1. The molecule has 0 aliphatic carbocycles. The molecule has 28 heavy (non-hydrogen) atoms. The third-order valence-electron chi connectivity index (χ3n) is 4.21. The maximum absolute atomic E-state index is 13.5. The molecule has 146 valence electrons. The van der Waals surface area contributed by atoms with Crippen LogP contribution in [0.2, 0.25) is 0 Å². The molecule has 8 heteroatoms. The van der Waals surface area contributed by atoms with Crippen molar-refractivity contribution in [3.63, 3.8) is 0 Å². The van der Waals surface area contributed by atoms with E-state index in [0.29, 0.717) is 23.1 Å². The Labute approximate surface area is 161 Å². The summed E-state index contributed by atoms with van der Waals surface area (Å²) in [7, 11) is 0. The van der Waals surface area contributed by atoms with Crippen molar-refractivity contribution in [2.75, 3.05) is 17.2 Å². The van der Waals surface area contributed by atoms with Gasteiger partial charge in [0.05, 0.1) is 18.3 Å². The Morgan fingerprint density at radius 2 is 1.75 bits per heavy atom. The molecule has 0 spiro atoms. The lowest BCUT2D eigenvalue weighted by molar-refractivity contribution is 0.248. The fourth-order valence-electron chi connectivity index (χ4n) is 2.56. The van der Waals surface area contributed by atoms with Crippen LogP contribution < -0.4 is 10.6 Å². The second-order valence-corrected chi connectivity index (χ2v) is 6.63. The highest BCUT2D eigenvalue weighted by atomic mass is 19.2. The highest BCUT2D eigenvalue weighted by Gasteiger charge is 2.15. The van der Waals surface area contributed by atoms with Crippen LogP contribution in [-0.2, 0) is 0 Å². The molecule has 3 N–H and O–H groups in total. The van der Waals surface area contributed by atoms with E-state index in [2.05, 4.69) is 25.6 Å². The molecule has 6 nitrogen and oxygen atoms in total. The Balaban J connectivity index is 1.97. The molecule has 0 fully saturated rings. The summed E-state index contributed by atoms with van der Waals surface area (Å²) in [4.78, 5) is 12.9. The number of hydrogen-bond acceptors (Lipinski definition) is 6. The van der Waals surface area contributed by atoms with Crippen LogP contribution in [0.25, 0.3) is 11.3 Å². The largest absolute Gasteiger partial charge is 0.394 e. The topological polar surface area (TPSA) is 83.0 Å². The lowest BCUT2D eigenvalue weighted by Crippen LogP contribution is -2.30. The molecule has 0 radical (unpaired) electrons. The second kappa shape index (κ2) is 8.71. The van der Waals surface area contributed by atoms with Crippen LogP contribution in [0.5, 0.6) is 0 Å². The van der Waals surface area contributed by atoms with Crippen LogP contribution in [0.3, 0.4) is 0 Å². The number of aromatic nitrogens is 3. The van der Waals surface area contributed by atoms with E-state index in [1.807, 2.05) is 13.8 Å². The normalized spacial score (nSPS) is 12.1.